The summed E-state index contributed by atoms with van der Waals surface area (Å²) in [7, 11) is 1.69. The van der Waals surface area contributed by atoms with Crippen LogP contribution in [0.15, 0.2) is 17.3 Å². The van der Waals surface area contributed by atoms with E-state index in [4.69, 9.17) is 27.9 Å². The number of halogens is 2. The van der Waals surface area contributed by atoms with E-state index in [2.05, 4.69) is 25.9 Å². The molecule has 0 aromatic carbocycles. The zero-order valence-electron chi connectivity index (χ0n) is 13.0. The monoisotopic (exact) mass is 347 g/mol. The van der Waals surface area contributed by atoms with Crippen LogP contribution in [0.25, 0.3) is 0 Å². The first-order valence-electron chi connectivity index (χ1n) is 7.23. The van der Waals surface area contributed by atoms with Crippen LogP contribution in [0.4, 0.5) is 5.82 Å². The maximum Gasteiger partial charge on any atom is 0.191 e. The standard InChI is InChI=1S/C14H23Cl2N5O/c1-3-17-14(19-5-4-8-22-2)20-7-6-18-13-12(16)9-11(15)10-21-13/h9-10H,3-8H2,1-2H3,(H,18,21)(H2,17,19,20). The fourth-order valence-corrected chi connectivity index (χ4v) is 2.09. The molecule has 0 atom stereocenters. The average Bonchev–Trinajstić information content (AvgIpc) is 2.49. The van der Waals surface area contributed by atoms with E-state index in [9.17, 15) is 0 Å². The van der Waals surface area contributed by atoms with Crippen molar-refractivity contribution in [2.75, 3.05) is 45.2 Å². The summed E-state index contributed by atoms with van der Waals surface area (Å²) in [6.45, 7) is 5.63. The van der Waals surface area contributed by atoms with Gasteiger partial charge in [0.25, 0.3) is 0 Å². The molecule has 22 heavy (non-hydrogen) atoms. The SMILES string of the molecule is CCNC(=NCCCOC)NCCNc1ncc(Cl)cc1Cl. The van der Waals surface area contributed by atoms with Gasteiger partial charge in [-0.1, -0.05) is 23.2 Å². The second-order valence-corrected chi connectivity index (χ2v) is 5.29. The second kappa shape index (κ2) is 11.3. The number of hydrogen-bond acceptors (Lipinski definition) is 4. The lowest BCUT2D eigenvalue weighted by molar-refractivity contribution is 0.197. The Bertz CT molecular complexity index is 471. The molecule has 0 unspecified atom stereocenters. The summed E-state index contributed by atoms with van der Waals surface area (Å²) in [5, 5.41) is 10.6. The summed E-state index contributed by atoms with van der Waals surface area (Å²) in [6.07, 6.45) is 2.46. The van der Waals surface area contributed by atoms with Crippen LogP contribution in [0.5, 0.6) is 0 Å². The number of anilines is 1. The molecular formula is C14H23Cl2N5O. The highest BCUT2D eigenvalue weighted by Gasteiger charge is 2.02. The molecule has 0 aliphatic rings. The van der Waals surface area contributed by atoms with Crippen molar-refractivity contribution >= 4 is 35.0 Å². The number of nitrogens with zero attached hydrogens (tertiary/aromatic N) is 2. The van der Waals surface area contributed by atoms with E-state index in [1.807, 2.05) is 6.92 Å². The molecule has 1 rings (SSSR count). The van der Waals surface area contributed by atoms with E-state index >= 15 is 0 Å². The zero-order valence-corrected chi connectivity index (χ0v) is 14.5. The Morgan fingerprint density at radius 2 is 2.14 bits per heavy atom. The molecule has 3 N–H and O–H groups in total. The number of aromatic nitrogens is 1. The van der Waals surface area contributed by atoms with Crippen molar-refractivity contribution in [1.82, 2.24) is 15.6 Å². The number of rotatable bonds is 9. The van der Waals surface area contributed by atoms with Crippen LogP contribution < -0.4 is 16.0 Å². The summed E-state index contributed by atoms with van der Waals surface area (Å²) < 4.78 is 5.00. The minimum atomic E-state index is 0.507. The molecule has 124 valence electrons. The molecule has 1 aromatic rings. The first-order chi connectivity index (χ1) is 10.7. The fraction of sp³-hybridized carbons (Fsp3) is 0.571. The normalized spacial score (nSPS) is 11.4. The quantitative estimate of drug-likeness (QED) is 0.363. The van der Waals surface area contributed by atoms with Gasteiger partial charge in [-0.15, -0.1) is 0 Å². The highest BCUT2D eigenvalue weighted by atomic mass is 35.5. The molecule has 0 bridgehead atoms. The van der Waals surface area contributed by atoms with Gasteiger partial charge in [-0.05, 0) is 19.4 Å². The third-order valence-corrected chi connectivity index (χ3v) is 3.13. The predicted octanol–water partition coefficient (Wildman–Crippen LogP) is 2.39. The van der Waals surface area contributed by atoms with Crippen molar-refractivity contribution in [3.05, 3.63) is 22.3 Å². The van der Waals surface area contributed by atoms with Crippen molar-refractivity contribution in [3.63, 3.8) is 0 Å². The molecule has 0 aliphatic carbocycles. The minimum Gasteiger partial charge on any atom is -0.385 e. The largest absolute Gasteiger partial charge is 0.385 e. The minimum absolute atomic E-state index is 0.507. The van der Waals surface area contributed by atoms with Crippen LogP contribution >= 0.6 is 23.2 Å². The van der Waals surface area contributed by atoms with Crippen molar-refractivity contribution in [3.8, 4) is 0 Å². The second-order valence-electron chi connectivity index (χ2n) is 4.44. The molecule has 6 nitrogen and oxygen atoms in total. The maximum atomic E-state index is 6.04. The molecule has 0 saturated heterocycles. The van der Waals surface area contributed by atoms with E-state index in [1.54, 1.807) is 19.4 Å². The van der Waals surface area contributed by atoms with E-state index in [0.717, 1.165) is 25.5 Å². The third kappa shape index (κ3) is 7.68. The lowest BCUT2D eigenvalue weighted by Crippen LogP contribution is -2.39. The lowest BCUT2D eigenvalue weighted by Gasteiger charge is -2.12. The molecule has 0 saturated carbocycles. The Balaban J connectivity index is 2.32. The number of guanidine groups is 1. The molecular weight excluding hydrogens is 325 g/mol. The molecule has 0 aliphatic heterocycles. The topological polar surface area (TPSA) is 70.6 Å². The van der Waals surface area contributed by atoms with Gasteiger partial charge in [-0.3, -0.25) is 4.99 Å². The summed E-state index contributed by atoms with van der Waals surface area (Å²) in [6, 6.07) is 1.66. The summed E-state index contributed by atoms with van der Waals surface area (Å²) in [5.74, 6) is 1.41. The first kappa shape index (κ1) is 18.8. The summed E-state index contributed by atoms with van der Waals surface area (Å²) in [4.78, 5) is 8.59. The molecule has 1 aromatic heterocycles. The predicted molar refractivity (Wildman–Crippen MR) is 93.2 cm³/mol. The van der Waals surface area contributed by atoms with Crippen LogP contribution in [0.2, 0.25) is 10.0 Å². The van der Waals surface area contributed by atoms with Gasteiger partial charge in [-0.25, -0.2) is 4.98 Å². The van der Waals surface area contributed by atoms with Crippen molar-refractivity contribution in [1.29, 1.82) is 0 Å². The van der Waals surface area contributed by atoms with Gasteiger partial charge in [0.2, 0.25) is 0 Å². The summed E-state index contributed by atoms with van der Waals surface area (Å²) >= 11 is 11.8. The molecule has 0 fully saturated rings. The molecule has 0 spiro atoms. The number of aliphatic imine (C=N–C) groups is 1. The average molecular weight is 348 g/mol. The van der Waals surface area contributed by atoms with Crippen LogP contribution in [0.1, 0.15) is 13.3 Å². The van der Waals surface area contributed by atoms with Crippen molar-refractivity contribution in [2.24, 2.45) is 4.99 Å². The van der Waals surface area contributed by atoms with Gasteiger partial charge in [0, 0.05) is 46.1 Å². The smallest absolute Gasteiger partial charge is 0.191 e. The number of pyridine rings is 1. The van der Waals surface area contributed by atoms with Gasteiger partial charge in [0.05, 0.1) is 10.0 Å². The van der Waals surface area contributed by atoms with Crippen molar-refractivity contribution < 1.29 is 4.74 Å². The van der Waals surface area contributed by atoms with E-state index in [-0.39, 0.29) is 0 Å². The Labute approximate surface area is 141 Å². The van der Waals surface area contributed by atoms with E-state index < -0.39 is 0 Å². The number of hydrogen-bond donors (Lipinski definition) is 3. The van der Waals surface area contributed by atoms with Crippen LogP contribution in [-0.4, -0.2) is 50.8 Å². The highest BCUT2D eigenvalue weighted by molar-refractivity contribution is 6.35. The fourth-order valence-electron chi connectivity index (χ4n) is 1.65. The van der Waals surface area contributed by atoms with Crippen LogP contribution in [-0.2, 0) is 4.74 Å². The van der Waals surface area contributed by atoms with Crippen molar-refractivity contribution in [2.45, 2.75) is 13.3 Å². The van der Waals surface area contributed by atoms with Crippen LogP contribution in [0, 0.1) is 0 Å². The molecule has 0 amide bonds. The maximum absolute atomic E-state index is 6.04. The van der Waals surface area contributed by atoms with Gasteiger partial charge in [0.1, 0.15) is 5.82 Å². The Kier molecular flexibility index (Phi) is 9.70. The van der Waals surface area contributed by atoms with E-state index in [0.29, 0.717) is 35.6 Å². The number of ether oxygens (including phenoxy) is 1. The Morgan fingerprint density at radius 1 is 1.32 bits per heavy atom. The molecule has 0 radical (unpaired) electrons. The van der Waals surface area contributed by atoms with E-state index in [1.165, 1.54) is 0 Å². The first-order valence-corrected chi connectivity index (χ1v) is 7.99. The Hall–Kier alpha value is -1.24. The molecule has 1 heterocycles. The summed E-state index contributed by atoms with van der Waals surface area (Å²) in [5.41, 5.74) is 0. The lowest BCUT2D eigenvalue weighted by atomic mass is 10.4. The highest BCUT2D eigenvalue weighted by Crippen LogP contribution is 2.21. The Morgan fingerprint density at radius 3 is 2.82 bits per heavy atom. The van der Waals surface area contributed by atoms with Gasteiger partial charge >= 0.3 is 0 Å². The molecule has 8 heteroatoms. The number of nitrogens with one attached hydrogen (secondary N) is 3. The zero-order chi connectivity index (χ0) is 16.2. The van der Waals surface area contributed by atoms with Crippen LogP contribution in [0.3, 0.4) is 0 Å². The van der Waals surface area contributed by atoms with Gasteiger partial charge in [-0.2, -0.15) is 0 Å². The van der Waals surface area contributed by atoms with Gasteiger partial charge in [0.15, 0.2) is 5.96 Å². The third-order valence-electron chi connectivity index (χ3n) is 2.64. The van der Waals surface area contributed by atoms with Gasteiger partial charge < -0.3 is 20.7 Å². The number of methoxy groups -OCH3 is 1.